The third-order valence-corrected chi connectivity index (χ3v) is 4.66. The molecule has 178 valence electrons. The molecule has 2 aromatic heterocycles. The molecular weight excluding hydrogens is 498 g/mol. The molecule has 33 heavy (non-hydrogen) atoms. The Morgan fingerprint density at radius 2 is 1.55 bits per heavy atom. The van der Waals surface area contributed by atoms with Crippen LogP contribution in [-0.4, -0.2) is 38.7 Å². The van der Waals surface area contributed by atoms with Crippen LogP contribution < -0.4 is 4.74 Å². The summed E-state index contributed by atoms with van der Waals surface area (Å²) in [7, 11) is 0. The lowest BCUT2D eigenvalue weighted by Gasteiger charge is -2.11. The van der Waals surface area contributed by atoms with Gasteiger partial charge in [0.05, 0.1) is 23.4 Å². The number of aromatic carboxylic acids is 2. The van der Waals surface area contributed by atoms with Crippen LogP contribution in [-0.2, 0) is 0 Å². The summed E-state index contributed by atoms with van der Waals surface area (Å²) >= 11 is 16.7. The van der Waals surface area contributed by atoms with Gasteiger partial charge in [0.2, 0.25) is 0 Å². The van der Waals surface area contributed by atoms with Gasteiger partial charge >= 0.3 is 11.9 Å². The van der Waals surface area contributed by atoms with Gasteiger partial charge in [-0.15, -0.1) is 0 Å². The zero-order valence-corrected chi connectivity index (χ0v) is 19.6. The number of carbonyl (C=O) groups is 2. The van der Waals surface area contributed by atoms with Crippen molar-refractivity contribution in [3.8, 4) is 17.0 Å². The zero-order chi connectivity index (χ0) is 24.7. The SMILES string of the molecule is CC(C)COc1cc(F)cc(-c2ccc(C(=O)O)c(Cl)n2)c1.O=C(O)c1ccc(Cl)nc1Cl.[HH].[HH]. The second-order valence-corrected chi connectivity index (χ2v) is 8.10. The van der Waals surface area contributed by atoms with Crippen molar-refractivity contribution < 1.29 is 31.8 Å². The Balaban J connectivity index is 0.000000757. The molecule has 0 aliphatic heterocycles. The molecule has 0 saturated heterocycles. The first-order chi connectivity index (χ1) is 15.5. The average Bonchev–Trinajstić information content (AvgIpc) is 2.71. The van der Waals surface area contributed by atoms with E-state index in [2.05, 4.69) is 9.97 Å². The third-order valence-electron chi connectivity index (χ3n) is 3.87. The summed E-state index contributed by atoms with van der Waals surface area (Å²) in [6.45, 7) is 4.45. The van der Waals surface area contributed by atoms with Crippen LogP contribution >= 0.6 is 34.8 Å². The molecule has 2 N–H and O–H groups in total. The van der Waals surface area contributed by atoms with Crippen LogP contribution in [0.2, 0.25) is 15.5 Å². The minimum absolute atomic E-state index is 0. The number of pyridine rings is 2. The normalized spacial score (nSPS) is 10.4. The highest BCUT2D eigenvalue weighted by atomic mass is 35.5. The van der Waals surface area contributed by atoms with E-state index in [0.717, 1.165) is 0 Å². The maximum Gasteiger partial charge on any atom is 0.338 e. The van der Waals surface area contributed by atoms with Crippen LogP contribution in [0.4, 0.5) is 4.39 Å². The highest BCUT2D eigenvalue weighted by Crippen LogP contribution is 2.27. The molecule has 0 bridgehead atoms. The van der Waals surface area contributed by atoms with Crippen molar-refractivity contribution in [2.24, 2.45) is 5.92 Å². The highest BCUT2D eigenvalue weighted by molar-refractivity contribution is 6.34. The molecule has 0 saturated carbocycles. The highest BCUT2D eigenvalue weighted by Gasteiger charge is 2.13. The van der Waals surface area contributed by atoms with Crippen LogP contribution in [0.25, 0.3) is 11.3 Å². The van der Waals surface area contributed by atoms with Gasteiger partial charge in [0.1, 0.15) is 27.0 Å². The average molecular weight is 520 g/mol. The van der Waals surface area contributed by atoms with Crippen LogP contribution in [0.5, 0.6) is 5.75 Å². The van der Waals surface area contributed by atoms with Crippen molar-refractivity contribution in [2.75, 3.05) is 6.61 Å². The largest absolute Gasteiger partial charge is 0.493 e. The summed E-state index contributed by atoms with van der Waals surface area (Å²) in [5.74, 6) is -2.03. The van der Waals surface area contributed by atoms with Gasteiger partial charge in [-0.3, -0.25) is 0 Å². The lowest BCUT2D eigenvalue weighted by Crippen LogP contribution is -2.05. The fourth-order valence-corrected chi connectivity index (χ4v) is 3.04. The summed E-state index contributed by atoms with van der Waals surface area (Å²) in [5.41, 5.74) is 0.704. The van der Waals surface area contributed by atoms with Gasteiger partial charge < -0.3 is 14.9 Å². The van der Waals surface area contributed by atoms with Crippen molar-refractivity contribution in [1.29, 1.82) is 0 Å². The maximum absolute atomic E-state index is 13.7. The first-order valence-electron chi connectivity index (χ1n) is 9.36. The molecule has 0 radical (unpaired) electrons. The zero-order valence-electron chi connectivity index (χ0n) is 17.4. The number of aromatic nitrogens is 2. The van der Waals surface area contributed by atoms with Gasteiger partial charge in [0, 0.05) is 14.5 Å². The molecular formula is C22H22Cl3FN2O5. The molecule has 0 unspecified atom stereocenters. The van der Waals surface area contributed by atoms with Crippen molar-refractivity contribution in [2.45, 2.75) is 13.8 Å². The molecule has 0 fully saturated rings. The van der Waals surface area contributed by atoms with E-state index in [-0.39, 0.29) is 29.4 Å². The molecule has 0 atom stereocenters. The number of hydrogen-bond donors (Lipinski definition) is 2. The van der Waals surface area contributed by atoms with E-state index in [1.807, 2.05) is 13.8 Å². The molecule has 0 spiro atoms. The number of ether oxygens (including phenoxy) is 1. The van der Waals surface area contributed by atoms with Crippen LogP contribution in [0.3, 0.4) is 0 Å². The van der Waals surface area contributed by atoms with Gasteiger partial charge in [0.25, 0.3) is 0 Å². The molecule has 3 aromatic rings. The van der Waals surface area contributed by atoms with E-state index in [4.69, 9.17) is 49.8 Å². The number of halogens is 4. The summed E-state index contributed by atoms with van der Waals surface area (Å²) in [6.07, 6.45) is 0. The second-order valence-electron chi connectivity index (χ2n) is 7.00. The molecule has 11 heteroatoms. The monoisotopic (exact) mass is 518 g/mol. The molecule has 0 aliphatic carbocycles. The fourth-order valence-electron chi connectivity index (χ4n) is 2.38. The van der Waals surface area contributed by atoms with Gasteiger partial charge in [-0.25, -0.2) is 23.9 Å². The van der Waals surface area contributed by atoms with Gasteiger partial charge in [-0.05, 0) is 42.3 Å². The van der Waals surface area contributed by atoms with Crippen LogP contribution in [0, 0.1) is 11.7 Å². The topological polar surface area (TPSA) is 110 Å². The van der Waals surface area contributed by atoms with E-state index in [0.29, 0.717) is 29.5 Å². The Kier molecular flexibility index (Phi) is 9.40. The quantitative estimate of drug-likeness (QED) is 0.343. The third kappa shape index (κ3) is 7.85. The second kappa shape index (κ2) is 11.8. The predicted octanol–water partition coefficient (Wildman–Crippen LogP) is 6.85. The Labute approximate surface area is 206 Å². The number of benzene rings is 1. The number of carboxylic acid groups (broad SMARTS) is 2. The Bertz CT molecular complexity index is 1190. The van der Waals surface area contributed by atoms with Crippen LogP contribution in [0.1, 0.15) is 37.4 Å². The standard InChI is InChI=1S/C16H15ClFNO3.C6H3Cl2NO2.2H2/c1-9(2)8-22-12-6-10(5-11(18)7-12)14-4-3-13(16(20)21)15(17)19-14;7-4-2-1-3(6(10)11)5(8)9-4;;/h3-7,9H,8H2,1-2H3,(H,20,21);1-2H,(H,10,11);2*1H. The summed E-state index contributed by atoms with van der Waals surface area (Å²) in [6, 6.07) is 9.73. The maximum atomic E-state index is 13.7. The van der Waals surface area contributed by atoms with Crippen molar-refractivity contribution in [1.82, 2.24) is 9.97 Å². The lowest BCUT2D eigenvalue weighted by molar-refractivity contribution is 0.0685. The van der Waals surface area contributed by atoms with Gasteiger partial charge in [-0.2, -0.15) is 0 Å². The van der Waals surface area contributed by atoms with Crippen molar-refractivity contribution in [3.63, 3.8) is 0 Å². The lowest BCUT2D eigenvalue weighted by atomic mass is 10.1. The minimum atomic E-state index is -1.16. The summed E-state index contributed by atoms with van der Waals surface area (Å²) in [5, 5.41) is 17.4. The summed E-state index contributed by atoms with van der Waals surface area (Å²) in [4.78, 5) is 28.8. The molecule has 2 heterocycles. The molecule has 7 nitrogen and oxygen atoms in total. The number of carboxylic acids is 2. The van der Waals surface area contributed by atoms with Crippen molar-refractivity contribution >= 4 is 46.7 Å². The Hall–Kier alpha value is -2.94. The van der Waals surface area contributed by atoms with Crippen molar-refractivity contribution in [3.05, 3.63) is 74.9 Å². The Morgan fingerprint density at radius 3 is 2.06 bits per heavy atom. The minimum Gasteiger partial charge on any atom is -0.493 e. The van der Waals surface area contributed by atoms with Crippen LogP contribution in [0.15, 0.2) is 42.5 Å². The number of hydrogen-bond acceptors (Lipinski definition) is 5. The molecule has 3 rings (SSSR count). The van der Waals surface area contributed by atoms with Gasteiger partial charge in [-0.1, -0.05) is 48.7 Å². The molecule has 0 amide bonds. The summed E-state index contributed by atoms with van der Waals surface area (Å²) < 4.78 is 19.2. The number of rotatable bonds is 6. The van der Waals surface area contributed by atoms with E-state index in [1.54, 1.807) is 6.07 Å². The van der Waals surface area contributed by atoms with E-state index in [9.17, 15) is 14.0 Å². The van der Waals surface area contributed by atoms with E-state index < -0.39 is 17.8 Å². The first kappa shape index (κ1) is 26.3. The smallest absolute Gasteiger partial charge is 0.338 e. The Morgan fingerprint density at radius 1 is 0.970 bits per heavy atom. The molecule has 0 aliphatic rings. The first-order valence-corrected chi connectivity index (χ1v) is 10.5. The predicted molar refractivity (Wildman–Crippen MR) is 127 cm³/mol. The number of nitrogens with zero attached hydrogens (tertiary/aromatic N) is 2. The van der Waals surface area contributed by atoms with E-state index in [1.165, 1.54) is 36.4 Å². The van der Waals surface area contributed by atoms with Gasteiger partial charge in [0.15, 0.2) is 0 Å². The molecule has 1 aromatic carbocycles. The fraction of sp³-hybridized carbons (Fsp3) is 0.182. The van der Waals surface area contributed by atoms with E-state index >= 15 is 0 Å².